The maximum atomic E-state index is 13.7. The number of hydrogen-bond acceptors (Lipinski definition) is 7. The number of halogens is 2. The number of pyridine rings is 1. The molecule has 0 aliphatic carbocycles. The third kappa shape index (κ3) is 6.49. The number of carbonyl (C=O) groups excluding carboxylic acids is 1. The Hall–Kier alpha value is -3.40. The zero-order valence-corrected chi connectivity index (χ0v) is 20.9. The number of methoxy groups -OCH3 is 2. The highest BCUT2D eigenvalue weighted by molar-refractivity contribution is 6.04. The molecule has 1 fully saturated rings. The number of carbonyl (C=O) groups is 1. The Morgan fingerprint density at radius 2 is 2.05 bits per heavy atom. The van der Waals surface area contributed by atoms with E-state index in [2.05, 4.69) is 10.3 Å². The minimum absolute atomic E-state index is 0.129. The molecule has 3 aromatic rings. The van der Waals surface area contributed by atoms with Gasteiger partial charge in [0.15, 0.2) is 0 Å². The van der Waals surface area contributed by atoms with Crippen LogP contribution in [0.15, 0.2) is 48.5 Å². The number of benzene rings is 2. The Morgan fingerprint density at radius 1 is 1.22 bits per heavy atom. The van der Waals surface area contributed by atoms with Crippen LogP contribution in [0.5, 0.6) is 5.88 Å². The standard InChI is InChI=1S/C28H31F2N3O4/c1-35-26-12-9-21-22(28(34)36-2)8-5-18(27(21)33-26)15-24(31)25-11-7-20(16-37-25)32-13-3-4-17-14-19(29)6-10-23(17)30/h3-6,8-10,12,14,20,24-25,32H,7,11,13,15-16,31H2,1-2H3/t20?,24-,25?/m0/s1. The normalized spacial score (nSPS) is 18.7. The third-order valence-electron chi connectivity index (χ3n) is 6.55. The fraction of sp³-hybridized carbons (Fsp3) is 0.357. The van der Waals surface area contributed by atoms with E-state index in [1.54, 1.807) is 37.5 Å². The molecule has 2 aromatic carbocycles. The van der Waals surface area contributed by atoms with E-state index in [0.717, 1.165) is 30.5 Å². The van der Waals surface area contributed by atoms with Gasteiger partial charge in [-0.1, -0.05) is 18.2 Å². The molecule has 3 N–H and O–H groups in total. The molecule has 2 heterocycles. The van der Waals surface area contributed by atoms with E-state index in [9.17, 15) is 13.6 Å². The van der Waals surface area contributed by atoms with Crippen molar-refractivity contribution in [3.05, 3.63) is 76.9 Å². The number of rotatable bonds is 9. The lowest BCUT2D eigenvalue weighted by molar-refractivity contribution is -0.0156. The van der Waals surface area contributed by atoms with Gasteiger partial charge in [0.05, 0.1) is 38.0 Å². The molecule has 1 aliphatic heterocycles. The van der Waals surface area contributed by atoms with Crippen LogP contribution >= 0.6 is 0 Å². The van der Waals surface area contributed by atoms with Crippen molar-refractivity contribution in [3.63, 3.8) is 0 Å². The first-order valence-corrected chi connectivity index (χ1v) is 12.2. The number of aromatic nitrogens is 1. The minimum Gasteiger partial charge on any atom is -0.481 e. The number of esters is 1. The number of nitrogens with zero attached hydrogens (tertiary/aromatic N) is 1. The molecule has 4 rings (SSSR count). The van der Waals surface area contributed by atoms with Crippen LogP contribution in [0.4, 0.5) is 8.78 Å². The Balaban J connectivity index is 1.34. The molecule has 0 amide bonds. The Kier molecular flexibility index (Phi) is 8.81. The summed E-state index contributed by atoms with van der Waals surface area (Å²) in [6.45, 7) is 1.00. The number of nitrogens with one attached hydrogen (secondary N) is 1. The summed E-state index contributed by atoms with van der Waals surface area (Å²) in [6.07, 6.45) is 5.36. The summed E-state index contributed by atoms with van der Waals surface area (Å²) in [5, 5.41) is 4.04. The highest BCUT2D eigenvalue weighted by atomic mass is 19.1. The SMILES string of the molecule is COC(=O)c1ccc(C[C@H](N)C2CCC(NCC=Cc3cc(F)ccc3F)CO2)c2nc(OC)ccc12. The predicted molar refractivity (Wildman–Crippen MR) is 137 cm³/mol. The largest absolute Gasteiger partial charge is 0.481 e. The van der Waals surface area contributed by atoms with Gasteiger partial charge in [0.25, 0.3) is 0 Å². The molecule has 1 saturated heterocycles. The van der Waals surface area contributed by atoms with Gasteiger partial charge in [0, 0.05) is 35.6 Å². The molecule has 2 unspecified atom stereocenters. The molecule has 0 saturated carbocycles. The predicted octanol–water partition coefficient (Wildman–Crippen LogP) is 4.03. The molecular weight excluding hydrogens is 480 g/mol. The summed E-state index contributed by atoms with van der Waals surface area (Å²) in [7, 11) is 2.89. The second-order valence-electron chi connectivity index (χ2n) is 9.00. The van der Waals surface area contributed by atoms with Crippen LogP contribution in [-0.4, -0.2) is 56.5 Å². The van der Waals surface area contributed by atoms with E-state index < -0.39 is 17.6 Å². The first-order valence-electron chi connectivity index (χ1n) is 12.2. The smallest absolute Gasteiger partial charge is 0.338 e. The molecular formula is C28H31F2N3O4. The third-order valence-corrected chi connectivity index (χ3v) is 6.55. The van der Waals surface area contributed by atoms with E-state index in [1.807, 2.05) is 6.07 Å². The molecule has 37 heavy (non-hydrogen) atoms. The van der Waals surface area contributed by atoms with Crippen LogP contribution in [0.2, 0.25) is 0 Å². The van der Waals surface area contributed by atoms with Crippen LogP contribution in [0.3, 0.4) is 0 Å². The quantitative estimate of drug-likeness (QED) is 0.419. The van der Waals surface area contributed by atoms with Crippen LogP contribution in [0.1, 0.15) is 34.3 Å². The lowest BCUT2D eigenvalue weighted by Gasteiger charge is -2.33. The topological polar surface area (TPSA) is 95.7 Å². The van der Waals surface area contributed by atoms with Crippen molar-refractivity contribution in [1.29, 1.82) is 0 Å². The monoisotopic (exact) mass is 511 g/mol. The molecule has 9 heteroatoms. The minimum atomic E-state index is -0.473. The molecule has 0 radical (unpaired) electrons. The average molecular weight is 512 g/mol. The molecule has 7 nitrogen and oxygen atoms in total. The van der Waals surface area contributed by atoms with Gasteiger partial charge >= 0.3 is 5.97 Å². The summed E-state index contributed by atoms with van der Waals surface area (Å²) in [6, 6.07) is 10.3. The van der Waals surface area contributed by atoms with Gasteiger partial charge in [-0.2, -0.15) is 0 Å². The lowest BCUT2D eigenvalue weighted by Crippen LogP contribution is -2.47. The van der Waals surface area contributed by atoms with Crippen LogP contribution in [0, 0.1) is 11.6 Å². The van der Waals surface area contributed by atoms with Gasteiger partial charge in [0.1, 0.15) is 11.6 Å². The summed E-state index contributed by atoms with van der Waals surface area (Å²) >= 11 is 0. The first kappa shape index (κ1) is 26.7. The molecule has 0 bridgehead atoms. The van der Waals surface area contributed by atoms with Crippen molar-refractivity contribution >= 4 is 22.9 Å². The van der Waals surface area contributed by atoms with E-state index in [0.29, 0.717) is 41.9 Å². The van der Waals surface area contributed by atoms with Gasteiger partial charge in [-0.3, -0.25) is 0 Å². The van der Waals surface area contributed by atoms with Crippen LogP contribution < -0.4 is 15.8 Å². The summed E-state index contributed by atoms with van der Waals surface area (Å²) in [5.41, 5.74) is 8.74. The average Bonchev–Trinajstić information content (AvgIpc) is 2.92. The van der Waals surface area contributed by atoms with E-state index in [-0.39, 0.29) is 23.8 Å². The van der Waals surface area contributed by atoms with Gasteiger partial charge in [0.2, 0.25) is 5.88 Å². The van der Waals surface area contributed by atoms with E-state index in [4.69, 9.17) is 19.9 Å². The van der Waals surface area contributed by atoms with Crippen molar-refractivity contribution in [2.75, 3.05) is 27.4 Å². The van der Waals surface area contributed by atoms with Crippen molar-refractivity contribution in [2.24, 2.45) is 5.73 Å². The molecule has 1 aliphatic rings. The summed E-state index contributed by atoms with van der Waals surface area (Å²) in [4.78, 5) is 16.8. The number of ether oxygens (including phenoxy) is 3. The van der Waals surface area contributed by atoms with Crippen LogP contribution in [-0.2, 0) is 15.9 Å². The zero-order valence-electron chi connectivity index (χ0n) is 20.9. The number of fused-ring (bicyclic) bond motifs is 1. The molecule has 196 valence electrons. The number of nitrogens with two attached hydrogens (primary N) is 1. The van der Waals surface area contributed by atoms with E-state index >= 15 is 0 Å². The second-order valence-corrected chi connectivity index (χ2v) is 9.00. The second kappa shape index (κ2) is 12.2. The Bertz CT molecular complexity index is 1280. The highest BCUT2D eigenvalue weighted by Gasteiger charge is 2.27. The maximum Gasteiger partial charge on any atom is 0.338 e. The molecule has 0 spiro atoms. The van der Waals surface area contributed by atoms with Crippen molar-refractivity contribution in [2.45, 2.75) is 37.5 Å². The van der Waals surface area contributed by atoms with Gasteiger partial charge < -0.3 is 25.3 Å². The first-order chi connectivity index (χ1) is 17.9. The molecule has 1 aromatic heterocycles. The van der Waals surface area contributed by atoms with Crippen molar-refractivity contribution < 1.29 is 27.8 Å². The lowest BCUT2D eigenvalue weighted by atomic mass is 9.93. The fourth-order valence-corrected chi connectivity index (χ4v) is 4.54. The van der Waals surface area contributed by atoms with Crippen LogP contribution in [0.25, 0.3) is 17.0 Å². The van der Waals surface area contributed by atoms with Crippen molar-refractivity contribution in [3.8, 4) is 5.88 Å². The highest BCUT2D eigenvalue weighted by Crippen LogP contribution is 2.27. The van der Waals surface area contributed by atoms with Gasteiger partial charge in [-0.15, -0.1) is 0 Å². The van der Waals surface area contributed by atoms with Gasteiger partial charge in [-0.25, -0.2) is 18.6 Å². The zero-order chi connectivity index (χ0) is 26.4. The summed E-state index contributed by atoms with van der Waals surface area (Å²) < 4.78 is 43.3. The maximum absolute atomic E-state index is 13.7. The Labute approximate surface area is 214 Å². The summed E-state index contributed by atoms with van der Waals surface area (Å²) in [5.74, 6) is -0.921. The van der Waals surface area contributed by atoms with E-state index in [1.165, 1.54) is 13.2 Å². The van der Waals surface area contributed by atoms with Crippen molar-refractivity contribution in [1.82, 2.24) is 10.3 Å². The number of hydrogen-bond donors (Lipinski definition) is 2. The van der Waals surface area contributed by atoms with Gasteiger partial charge in [-0.05, 0) is 55.2 Å². The Morgan fingerprint density at radius 3 is 2.78 bits per heavy atom. The molecule has 3 atom stereocenters. The fourth-order valence-electron chi connectivity index (χ4n) is 4.54.